The van der Waals surface area contributed by atoms with Gasteiger partial charge in [-0.2, -0.15) is 4.98 Å². The van der Waals surface area contributed by atoms with E-state index in [2.05, 4.69) is 20.8 Å². The zero-order chi connectivity index (χ0) is 24.8. The number of carbonyl (C=O) groups excluding carboxylic acids is 4. The maximum atomic E-state index is 12.5. The Hall–Kier alpha value is -3.56. The minimum Gasteiger partial charge on any atom is -0.343 e. The second-order valence-electron chi connectivity index (χ2n) is 9.26. The highest BCUT2D eigenvalue weighted by Gasteiger charge is 2.38. The highest BCUT2D eigenvalue weighted by atomic mass is 16.5. The van der Waals surface area contributed by atoms with Crippen molar-refractivity contribution in [2.75, 3.05) is 10.2 Å². The molecule has 1 saturated carbocycles. The van der Waals surface area contributed by atoms with Crippen molar-refractivity contribution in [3.63, 3.8) is 0 Å². The zero-order valence-corrected chi connectivity index (χ0v) is 20.0. The van der Waals surface area contributed by atoms with E-state index in [0.29, 0.717) is 42.4 Å². The Labute approximate surface area is 203 Å². The lowest BCUT2D eigenvalue weighted by Gasteiger charge is -2.30. The first-order chi connectivity index (χ1) is 16.9. The first-order valence-corrected chi connectivity index (χ1v) is 12.2. The van der Waals surface area contributed by atoms with Gasteiger partial charge in [0.05, 0.1) is 5.69 Å². The highest BCUT2D eigenvalue weighted by molar-refractivity contribution is 6.16. The molecule has 1 aliphatic carbocycles. The average Bonchev–Trinajstić information content (AvgIpc) is 3.18. The van der Waals surface area contributed by atoms with Crippen LogP contribution in [0.4, 0.5) is 11.4 Å². The van der Waals surface area contributed by atoms with Crippen molar-refractivity contribution in [3.05, 3.63) is 36.0 Å². The molecule has 4 rings (SSSR count). The number of nitrogens with one attached hydrogen (secondary N) is 2. The van der Waals surface area contributed by atoms with E-state index in [4.69, 9.17) is 4.52 Å². The molecule has 10 heteroatoms. The number of aromatic nitrogens is 2. The molecule has 1 saturated heterocycles. The number of hydrogen-bond acceptors (Lipinski definition) is 7. The molecule has 2 aliphatic rings. The Morgan fingerprint density at radius 2 is 1.66 bits per heavy atom. The fourth-order valence-corrected chi connectivity index (χ4v) is 4.80. The Morgan fingerprint density at radius 3 is 2.29 bits per heavy atom. The summed E-state index contributed by atoms with van der Waals surface area (Å²) in [7, 11) is 0. The summed E-state index contributed by atoms with van der Waals surface area (Å²) >= 11 is 0. The van der Waals surface area contributed by atoms with E-state index in [0.717, 1.165) is 38.5 Å². The van der Waals surface area contributed by atoms with Crippen LogP contribution in [-0.4, -0.2) is 33.8 Å². The molecule has 1 aromatic carbocycles. The van der Waals surface area contributed by atoms with Gasteiger partial charge in [0.1, 0.15) is 5.54 Å². The summed E-state index contributed by atoms with van der Waals surface area (Å²) in [5.41, 5.74) is 0.443. The molecule has 2 aromatic rings. The maximum Gasteiger partial charge on any atom is 0.233 e. The van der Waals surface area contributed by atoms with Crippen LogP contribution in [0.15, 0.2) is 28.8 Å². The van der Waals surface area contributed by atoms with Crippen LogP contribution in [0.3, 0.4) is 0 Å². The Morgan fingerprint density at radius 1 is 1.00 bits per heavy atom. The molecular formula is C25H31N5O5. The topological polar surface area (TPSA) is 134 Å². The first-order valence-electron chi connectivity index (χ1n) is 12.2. The number of piperidine rings is 1. The van der Waals surface area contributed by atoms with Crippen LogP contribution in [0.25, 0.3) is 0 Å². The largest absolute Gasteiger partial charge is 0.343 e. The van der Waals surface area contributed by atoms with Crippen LogP contribution in [0.1, 0.15) is 82.8 Å². The molecule has 0 bridgehead atoms. The quantitative estimate of drug-likeness (QED) is 0.457. The number of carbonyl (C=O) groups is 4. The van der Waals surface area contributed by atoms with Crippen molar-refractivity contribution < 1.29 is 23.7 Å². The van der Waals surface area contributed by atoms with Gasteiger partial charge in [0.15, 0.2) is 5.82 Å². The summed E-state index contributed by atoms with van der Waals surface area (Å²) in [6.45, 7) is 1.49. The summed E-state index contributed by atoms with van der Waals surface area (Å²) in [6.07, 6.45) is 7.39. The number of nitrogens with zero attached hydrogens (tertiary/aromatic N) is 3. The third-order valence-corrected chi connectivity index (χ3v) is 6.52. The van der Waals surface area contributed by atoms with Gasteiger partial charge >= 0.3 is 0 Å². The van der Waals surface area contributed by atoms with E-state index in [-0.39, 0.29) is 36.5 Å². The second-order valence-corrected chi connectivity index (χ2v) is 9.26. The van der Waals surface area contributed by atoms with Crippen molar-refractivity contribution in [1.82, 2.24) is 15.5 Å². The number of benzene rings is 1. The van der Waals surface area contributed by atoms with Crippen LogP contribution in [-0.2, 0) is 31.1 Å². The van der Waals surface area contributed by atoms with Gasteiger partial charge in [-0.3, -0.25) is 24.1 Å². The fourth-order valence-electron chi connectivity index (χ4n) is 4.80. The van der Waals surface area contributed by atoms with Crippen molar-refractivity contribution in [2.24, 2.45) is 0 Å². The van der Waals surface area contributed by atoms with Gasteiger partial charge in [0.2, 0.25) is 29.5 Å². The molecule has 4 amide bonds. The monoisotopic (exact) mass is 481 g/mol. The molecule has 1 aliphatic heterocycles. The van der Waals surface area contributed by atoms with Crippen LogP contribution in [0.2, 0.25) is 0 Å². The van der Waals surface area contributed by atoms with E-state index >= 15 is 0 Å². The standard InChI is InChI=1S/C25H31N5O5/c1-17(31)28-25(15-4-2-3-5-16-25)24-27-21(35-29-24)14-13-20(32)26-18-9-11-19(12-10-18)30-22(33)7-6-8-23(30)34/h9-12H,2-8,13-16H2,1H3,(H,26,32)(H,28,31). The minimum atomic E-state index is -0.620. The molecule has 2 fully saturated rings. The Balaban J connectivity index is 1.34. The summed E-state index contributed by atoms with van der Waals surface area (Å²) in [4.78, 5) is 54.2. The Bertz CT molecular complexity index is 1070. The maximum absolute atomic E-state index is 12.5. The smallest absolute Gasteiger partial charge is 0.233 e. The predicted octanol–water partition coefficient (Wildman–Crippen LogP) is 3.37. The lowest BCUT2D eigenvalue weighted by atomic mass is 9.89. The summed E-state index contributed by atoms with van der Waals surface area (Å²) in [6, 6.07) is 6.62. The molecule has 0 atom stereocenters. The minimum absolute atomic E-state index is 0.127. The molecular weight excluding hydrogens is 450 g/mol. The molecule has 2 N–H and O–H groups in total. The van der Waals surface area contributed by atoms with Crippen molar-refractivity contribution in [1.29, 1.82) is 0 Å². The van der Waals surface area contributed by atoms with Gasteiger partial charge in [-0.25, -0.2) is 0 Å². The van der Waals surface area contributed by atoms with E-state index in [9.17, 15) is 19.2 Å². The number of hydrogen-bond donors (Lipinski definition) is 2. The van der Waals surface area contributed by atoms with Gasteiger partial charge in [0, 0.05) is 38.3 Å². The van der Waals surface area contributed by atoms with Gasteiger partial charge in [-0.15, -0.1) is 0 Å². The van der Waals surface area contributed by atoms with Gasteiger partial charge in [-0.1, -0.05) is 30.8 Å². The van der Waals surface area contributed by atoms with Crippen molar-refractivity contribution in [3.8, 4) is 0 Å². The van der Waals surface area contributed by atoms with Crippen molar-refractivity contribution >= 4 is 35.0 Å². The van der Waals surface area contributed by atoms with E-state index in [1.165, 1.54) is 11.8 Å². The molecule has 0 radical (unpaired) electrons. The molecule has 0 spiro atoms. The SMILES string of the molecule is CC(=O)NC1(c2noc(CCC(=O)Nc3ccc(N4C(=O)CCCC4=O)cc3)n2)CCCCCC1. The lowest BCUT2D eigenvalue weighted by molar-refractivity contribution is -0.129. The average molecular weight is 482 g/mol. The number of amides is 4. The molecule has 1 aromatic heterocycles. The summed E-state index contributed by atoms with van der Waals surface area (Å²) in [5, 5.41) is 9.99. The zero-order valence-electron chi connectivity index (χ0n) is 20.0. The number of aryl methyl sites for hydroxylation is 1. The number of imide groups is 1. The van der Waals surface area contributed by atoms with Gasteiger partial charge < -0.3 is 15.2 Å². The third-order valence-electron chi connectivity index (χ3n) is 6.52. The lowest BCUT2D eigenvalue weighted by Crippen LogP contribution is -2.45. The normalized spacial score (nSPS) is 18.1. The molecule has 0 unspecified atom stereocenters. The fraction of sp³-hybridized carbons (Fsp3) is 0.520. The van der Waals surface area contributed by atoms with Crippen molar-refractivity contribution in [2.45, 2.75) is 83.1 Å². The number of rotatable bonds is 7. The first kappa shape index (κ1) is 24.6. The summed E-state index contributed by atoms with van der Waals surface area (Å²) in [5.74, 6) is 0.0533. The highest BCUT2D eigenvalue weighted by Crippen LogP contribution is 2.34. The predicted molar refractivity (Wildman–Crippen MR) is 127 cm³/mol. The van der Waals surface area contributed by atoms with Gasteiger partial charge in [-0.05, 0) is 43.5 Å². The van der Waals surface area contributed by atoms with Crippen LogP contribution < -0.4 is 15.5 Å². The van der Waals surface area contributed by atoms with Crippen LogP contribution >= 0.6 is 0 Å². The third kappa shape index (κ3) is 5.93. The molecule has 10 nitrogen and oxygen atoms in total. The van der Waals surface area contributed by atoms with E-state index in [1.54, 1.807) is 24.3 Å². The molecule has 186 valence electrons. The second kappa shape index (κ2) is 10.8. The molecule has 2 heterocycles. The number of anilines is 2. The summed E-state index contributed by atoms with van der Waals surface area (Å²) < 4.78 is 5.41. The van der Waals surface area contributed by atoms with E-state index in [1.807, 2.05) is 0 Å². The van der Waals surface area contributed by atoms with Crippen LogP contribution in [0.5, 0.6) is 0 Å². The van der Waals surface area contributed by atoms with Crippen LogP contribution in [0, 0.1) is 0 Å². The van der Waals surface area contributed by atoms with Gasteiger partial charge in [0.25, 0.3) is 0 Å². The Kier molecular flexibility index (Phi) is 7.57. The molecule has 35 heavy (non-hydrogen) atoms. The van der Waals surface area contributed by atoms with E-state index < -0.39 is 5.54 Å².